The van der Waals surface area contributed by atoms with Crippen LogP contribution in [0.2, 0.25) is 5.02 Å². The maximum absolute atomic E-state index is 11.5. The van der Waals surface area contributed by atoms with Gasteiger partial charge < -0.3 is 10.0 Å². The van der Waals surface area contributed by atoms with Crippen LogP contribution in [0.1, 0.15) is 107 Å². The number of benzene rings is 1. The number of hydrogen-bond donors (Lipinski definition) is 1. The van der Waals surface area contributed by atoms with Gasteiger partial charge in [-0.1, -0.05) is 56.5 Å². The summed E-state index contributed by atoms with van der Waals surface area (Å²) in [7, 11) is 0. The Hall–Kier alpha value is -1.68. The second kappa shape index (κ2) is 12.0. The molecule has 4 heteroatoms. The molecule has 6 rings (SSSR count). The van der Waals surface area contributed by atoms with Gasteiger partial charge in [0.25, 0.3) is 0 Å². The van der Waals surface area contributed by atoms with Crippen molar-refractivity contribution in [2.24, 2.45) is 17.8 Å². The first-order valence-corrected chi connectivity index (χ1v) is 15.2. The Morgan fingerprint density at radius 3 is 2.11 bits per heavy atom. The molecule has 4 aliphatic rings. The van der Waals surface area contributed by atoms with Gasteiger partial charge in [0.2, 0.25) is 0 Å². The third-order valence-electron chi connectivity index (χ3n) is 9.24. The van der Waals surface area contributed by atoms with E-state index in [1.54, 1.807) is 0 Å². The Morgan fingerprint density at radius 2 is 1.54 bits per heavy atom. The standard InChI is InChI=1S/C33H45ClN2O/c1-3-5-13-36(14-6-4-2)23-31(37)28-18-30(12-9-24-7-10-29(34)11-8-24)35-32(19-28)33-20-25-15-26(21-33)17-27(16-25)22-33/h7-12,18-19,25-27,31,37H,3-6,13-17,20-23H2,1-2H3/b12-9+. The molecule has 0 radical (unpaired) electrons. The molecule has 2 aromatic rings. The van der Waals surface area contributed by atoms with E-state index >= 15 is 0 Å². The summed E-state index contributed by atoms with van der Waals surface area (Å²) < 4.78 is 0. The average Bonchev–Trinajstić information content (AvgIpc) is 2.89. The van der Waals surface area contributed by atoms with Crippen LogP contribution in [-0.4, -0.2) is 34.6 Å². The number of unbranched alkanes of at least 4 members (excludes halogenated alkanes) is 2. The summed E-state index contributed by atoms with van der Waals surface area (Å²) >= 11 is 6.09. The number of aliphatic hydroxyl groups excluding tert-OH is 1. The first kappa shape index (κ1) is 26.9. The molecule has 0 amide bonds. The molecule has 200 valence electrons. The summed E-state index contributed by atoms with van der Waals surface area (Å²) in [6.45, 7) is 7.31. The van der Waals surface area contributed by atoms with E-state index in [1.165, 1.54) is 69.9 Å². The fraction of sp³-hybridized carbons (Fsp3) is 0.606. The summed E-state index contributed by atoms with van der Waals surface area (Å²) in [6, 6.07) is 12.3. The largest absolute Gasteiger partial charge is 0.387 e. The molecular formula is C33H45ClN2O. The molecular weight excluding hydrogens is 476 g/mol. The van der Waals surface area contributed by atoms with Gasteiger partial charge in [-0.25, -0.2) is 0 Å². The van der Waals surface area contributed by atoms with Gasteiger partial charge in [-0.05, 0) is 124 Å². The number of rotatable bonds is 12. The van der Waals surface area contributed by atoms with Crippen LogP contribution in [0.15, 0.2) is 36.4 Å². The molecule has 1 aromatic carbocycles. The van der Waals surface area contributed by atoms with E-state index in [9.17, 15) is 5.11 Å². The number of hydrogen-bond acceptors (Lipinski definition) is 3. The van der Waals surface area contributed by atoms with E-state index in [-0.39, 0.29) is 5.41 Å². The summed E-state index contributed by atoms with van der Waals surface area (Å²) in [5.74, 6) is 2.61. The molecule has 3 nitrogen and oxygen atoms in total. The third-order valence-corrected chi connectivity index (χ3v) is 9.49. The van der Waals surface area contributed by atoms with E-state index in [0.717, 1.165) is 52.7 Å². The predicted octanol–water partition coefficient (Wildman–Crippen LogP) is 8.31. The van der Waals surface area contributed by atoms with Gasteiger partial charge in [0.15, 0.2) is 0 Å². The molecule has 1 atom stereocenters. The van der Waals surface area contributed by atoms with Crippen molar-refractivity contribution >= 4 is 23.8 Å². The third kappa shape index (κ3) is 6.49. The van der Waals surface area contributed by atoms with Gasteiger partial charge in [-0.3, -0.25) is 4.98 Å². The van der Waals surface area contributed by atoms with Crippen molar-refractivity contribution in [3.8, 4) is 0 Å². The molecule has 1 aromatic heterocycles. The molecule has 37 heavy (non-hydrogen) atoms. The van der Waals surface area contributed by atoms with E-state index < -0.39 is 6.10 Å². The molecule has 0 aliphatic heterocycles. The second-order valence-electron chi connectivity index (χ2n) is 12.3. The lowest BCUT2D eigenvalue weighted by molar-refractivity contribution is -0.00737. The van der Waals surface area contributed by atoms with Crippen molar-refractivity contribution < 1.29 is 5.11 Å². The lowest BCUT2D eigenvalue weighted by atomic mass is 9.48. The van der Waals surface area contributed by atoms with E-state index in [1.807, 2.05) is 24.3 Å². The molecule has 4 bridgehead atoms. The summed E-state index contributed by atoms with van der Waals surface area (Å²) in [6.07, 6.45) is 16.6. The lowest BCUT2D eigenvalue weighted by Crippen LogP contribution is -2.49. The monoisotopic (exact) mass is 520 g/mol. The van der Waals surface area contributed by atoms with Crippen molar-refractivity contribution in [1.82, 2.24) is 9.88 Å². The summed E-state index contributed by atoms with van der Waals surface area (Å²) in [5.41, 5.74) is 4.56. The van der Waals surface area contributed by atoms with Gasteiger partial charge >= 0.3 is 0 Å². The van der Waals surface area contributed by atoms with Crippen molar-refractivity contribution in [3.05, 3.63) is 63.9 Å². The van der Waals surface area contributed by atoms with Crippen LogP contribution in [0.4, 0.5) is 0 Å². The normalized spacial score (nSPS) is 27.4. The second-order valence-corrected chi connectivity index (χ2v) is 12.8. The Balaban J connectivity index is 1.45. The van der Waals surface area contributed by atoms with Crippen molar-refractivity contribution in [3.63, 3.8) is 0 Å². The lowest BCUT2D eigenvalue weighted by Gasteiger charge is -2.56. The molecule has 4 saturated carbocycles. The van der Waals surface area contributed by atoms with Gasteiger partial charge in [0.1, 0.15) is 0 Å². The number of pyridine rings is 1. The molecule has 4 fully saturated rings. The number of aromatic nitrogens is 1. The quantitative estimate of drug-likeness (QED) is 0.305. The topological polar surface area (TPSA) is 36.4 Å². The molecule has 1 unspecified atom stereocenters. The molecule has 0 saturated heterocycles. The van der Waals surface area contributed by atoms with Crippen LogP contribution in [0.25, 0.3) is 12.2 Å². The summed E-state index contributed by atoms with van der Waals surface area (Å²) in [4.78, 5) is 7.74. The van der Waals surface area contributed by atoms with Gasteiger partial charge in [0, 0.05) is 22.7 Å². The Bertz CT molecular complexity index is 1020. The van der Waals surface area contributed by atoms with Crippen LogP contribution in [0.5, 0.6) is 0 Å². The number of halogens is 1. The SMILES string of the molecule is CCCCN(CCCC)CC(O)c1cc(/C=C/c2ccc(Cl)cc2)nc(C23CC4CC(CC(C4)C2)C3)c1. The molecule has 0 spiro atoms. The maximum atomic E-state index is 11.5. The van der Waals surface area contributed by atoms with Crippen LogP contribution in [0.3, 0.4) is 0 Å². The van der Waals surface area contributed by atoms with Crippen molar-refractivity contribution in [2.75, 3.05) is 19.6 Å². The highest BCUT2D eigenvalue weighted by atomic mass is 35.5. The minimum Gasteiger partial charge on any atom is -0.387 e. The Morgan fingerprint density at radius 1 is 0.946 bits per heavy atom. The van der Waals surface area contributed by atoms with Crippen LogP contribution >= 0.6 is 11.6 Å². The Labute approximate surface area is 229 Å². The molecule has 1 heterocycles. The maximum Gasteiger partial charge on any atom is 0.0918 e. The van der Waals surface area contributed by atoms with E-state index in [0.29, 0.717) is 6.54 Å². The fourth-order valence-corrected chi connectivity index (χ4v) is 7.84. The minimum absolute atomic E-state index is 0.206. The first-order chi connectivity index (χ1) is 18.0. The molecule has 1 N–H and O–H groups in total. The molecule has 4 aliphatic carbocycles. The zero-order valence-electron chi connectivity index (χ0n) is 22.8. The smallest absolute Gasteiger partial charge is 0.0918 e. The van der Waals surface area contributed by atoms with E-state index in [2.05, 4.69) is 43.0 Å². The van der Waals surface area contributed by atoms with Gasteiger partial charge in [-0.15, -0.1) is 0 Å². The minimum atomic E-state index is -0.493. The van der Waals surface area contributed by atoms with Gasteiger partial charge in [-0.2, -0.15) is 0 Å². The fourth-order valence-electron chi connectivity index (χ4n) is 7.71. The first-order valence-electron chi connectivity index (χ1n) is 14.8. The number of aliphatic hydroxyl groups is 1. The van der Waals surface area contributed by atoms with Crippen molar-refractivity contribution in [2.45, 2.75) is 89.6 Å². The van der Waals surface area contributed by atoms with Crippen LogP contribution in [0, 0.1) is 17.8 Å². The number of nitrogens with zero attached hydrogens (tertiary/aromatic N) is 2. The average molecular weight is 521 g/mol. The highest BCUT2D eigenvalue weighted by molar-refractivity contribution is 6.30. The van der Waals surface area contributed by atoms with Crippen LogP contribution < -0.4 is 0 Å². The zero-order valence-corrected chi connectivity index (χ0v) is 23.6. The predicted molar refractivity (Wildman–Crippen MR) is 156 cm³/mol. The zero-order chi connectivity index (χ0) is 25.8. The summed E-state index contributed by atoms with van der Waals surface area (Å²) in [5, 5.41) is 12.3. The van der Waals surface area contributed by atoms with E-state index in [4.69, 9.17) is 16.6 Å². The van der Waals surface area contributed by atoms with Crippen molar-refractivity contribution in [1.29, 1.82) is 0 Å². The van der Waals surface area contributed by atoms with Crippen LogP contribution in [-0.2, 0) is 5.41 Å². The highest BCUT2D eigenvalue weighted by Gasteiger charge is 2.52. The van der Waals surface area contributed by atoms with Gasteiger partial charge in [0.05, 0.1) is 11.8 Å². The highest BCUT2D eigenvalue weighted by Crippen LogP contribution is 2.60. The Kier molecular flexibility index (Phi) is 8.74.